The number of aromatic nitrogens is 1. The van der Waals surface area contributed by atoms with Gasteiger partial charge in [-0.05, 0) is 82.1 Å². The number of carbonyl (C=O) groups is 1. The lowest BCUT2D eigenvalue weighted by Gasteiger charge is -2.16. The summed E-state index contributed by atoms with van der Waals surface area (Å²) in [5.74, 6) is 0.346. The number of nitrogens with zero attached hydrogens (tertiary/aromatic N) is 1. The minimum atomic E-state index is -3.85. The molecule has 0 aliphatic rings. The first kappa shape index (κ1) is 22.4. The molecule has 0 aliphatic carbocycles. The highest BCUT2D eigenvalue weighted by molar-refractivity contribution is 7.92. The smallest absolute Gasteiger partial charge is 0.265 e. The Morgan fingerprint density at radius 3 is 2.19 bits per heavy atom. The van der Waals surface area contributed by atoms with E-state index in [4.69, 9.17) is 9.26 Å². The molecule has 8 nitrogen and oxygen atoms in total. The van der Waals surface area contributed by atoms with Gasteiger partial charge in [-0.3, -0.25) is 4.79 Å². The molecule has 1 unspecified atom stereocenters. The summed E-state index contributed by atoms with van der Waals surface area (Å²) in [6.07, 6.45) is -0.732. The van der Waals surface area contributed by atoms with Gasteiger partial charge in [0.25, 0.3) is 15.9 Å². The molecule has 0 aliphatic heterocycles. The van der Waals surface area contributed by atoms with E-state index in [1.54, 1.807) is 20.8 Å². The molecule has 2 N–H and O–H groups in total. The molecular weight excluding hydrogens is 418 g/mol. The molecule has 3 aromatic rings. The molecule has 3 rings (SSSR count). The molecule has 0 spiro atoms. The molecule has 2 aromatic carbocycles. The van der Waals surface area contributed by atoms with Crippen molar-refractivity contribution < 1.29 is 22.5 Å². The number of carbonyl (C=O) groups excluding carboxylic acids is 1. The third-order valence-corrected chi connectivity index (χ3v) is 6.04. The molecule has 164 valence electrons. The molecule has 9 heteroatoms. The van der Waals surface area contributed by atoms with Gasteiger partial charge in [0.15, 0.2) is 6.10 Å². The highest BCUT2D eigenvalue weighted by Gasteiger charge is 2.20. The first-order valence-electron chi connectivity index (χ1n) is 9.67. The van der Waals surface area contributed by atoms with Crippen molar-refractivity contribution in [3.05, 3.63) is 64.8 Å². The number of benzene rings is 2. The van der Waals surface area contributed by atoms with Gasteiger partial charge in [0.2, 0.25) is 5.88 Å². The van der Waals surface area contributed by atoms with Gasteiger partial charge >= 0.3 is 0 Å². The van der Waals surface area contributed by atoms with E-state index < -0.39 is 16.1 Å². The van der Waals surface area contributed by atoms with Gasteiger partial charge in [0, 0.05) is 11.3 Å². The van der Waals surface area contributed by atoms with Crippen LogP contribution in [-0.4, -0.2) is 25.6 Å². The molecule has 0 radical (unpaired) electrons. The van der Waals surface area contributed by atoms with Crippen molar-refractivity contribution in [2.75, 3.05) is 10.0 Å². The number of nitrogens with one attached hydrogen (secondary N) is 2. The van der Waals surface area contributed by atoms with Gasteiger partial charge < -0.3 is 14.6 Å². The number of rotatable bonds is 7. The van der Waals surface area contributed by atoms with Gasteiger partial charge in [-0.1, -0.05) is 11.2 Å². The number of hydrogen-bond donors (Lipinski definition) is 2. The molecule has 1 atom stereocenters. The van der Waals surface area contributed by atoms with Crippen LogP contribution in [0.5, 0.6) is 5.75 Å². The number of ether oxygens (including phenoxy) is 1. The number of sulfonamides is 1. The lowest BCUT2D eigenvalue weighted by atomic mass is 10.1. The molecule has 0 saturated heterocycles. The van der Waals surface area contributed by atoms with Gasteiger partial charge in [0.05, 0.1) is 10.6 Å². The summed E-state index contributed by atoms with van der Waals surface area (Å²) in [6.45, 7) is 9.00. The van der Waals surface area contributed by atoms with Crippen LogP contribution in [0.4, 0.5) is 11.6 Å². The SMILES string of the molecule is Cc1cc(C)cc(OC(C)C(=O)Nc2ccc(S(=O)(=O)Nc3onc(C)c3C)cc2)c1. The second-order valence-corrected chi connectivity index (χ2v) is 9.11. The Morgan fingerprint density at radius 1 is 1.03 bits per heavy atom. The highest BCUT2D eigenvalue weighted by Crippen LogP contribution is 2.23. The van der Waals surface area contributed by atoms with Crippen LogP contribution in [0, 0.1) is 27.7 Å². The Balaban J connectivity index is 1.65. The topological polar surface area (TPSA) is 111 Å². The Labute approximate surface area is 181 Å². The summed E-state index contributed by atoms with van der Waals surface area (Å²) >= 11 is 0. The van der Waals surface area contributed by atoms with E-state index in [9.17, 15) is 13.2 Å². The number of anilines is 2. The average molecular weight is 444 g/mol. The fraction of sp³-hybridized carbons (Fsp3) is 0.273. The van der Waals surface area contributed by atoms with Crippen LogP contribution in [0.25, 0.3) is 0 Å². The number of hydrogen-bond acceptors (Lipinski definition) is 6. The normalized spacial score (nSPS) is 12.3. The minimum Gasteiger partial charge on any atom is -0.481 e. The van der Waals surface area contributed by atoms with Crippen molar-refractivity contribution in [1.82, 2.24) is 5.16 Å². The van der Waals surface area contributed by atoms with Crippen molar-refractivity contribution in [3.8, 4) is 5.75 Å². The van der Waals surface area contributed by atoms with E-state index in [0.717, 1.165) is 11.1 Å². The maximum absolute atomic E-state index is 12.6. The van der Waals surface area contributed by atoms with Crippen LogP contribution >= 0.6 is 0 Å². The summed E-state index contributed by atoms with van der Waals surface area (Å²) < 4.78 is 38.2. The summed E-state index contributed by atoms with van der Waals surface area (Å²) in [5, 5.41) is 6.46. The fourth-order valence-corrected chi connectivity index (χ4v) is 3.96. The zero-order valence-electron chi connectivity index (χ0n) is 18.0. The van der Waals surface area contributed by atoms with E-state index in [1.165, 1.54) is 24.3 Å². The van der Waals surface area contributed by atoms with Gasteiger partial charge in [-0.25, -0.2) is 13.1 Å². The molecule has 0 saturated carbocycles. The number of aryl methyl sites for hydroxylation is 3. The van der Waals surface area contributed by atoms with Crippen LogP contribution in [0.15, 0.2) is 51.9 Å². The summed E-state index contributed by atoms with van der Waals surface area (Å²) in [7, 11) is -3.85. The van der Waals surface area contributed by atoms with Gasteiger partial charge in [-0.15, -0.1) is 0 Å². The average Bonchev–Trinajstić information content (AvgIpc) is 2.99. The monoisotopic (exact) mass is 443 g/mol. The lowest BCUT2D eigenvalue weighted by molar-refractivity contribution is -0.122. The maximum Gasteiger partial charge on any atom is 0.265 e. The number of amides is 1. The Kier molecular flexibility index (Phi) is 6.35. The molecule has 1 aromatic heterocycles. The third kappa shape index (κ3) is 5.43. The highest BCUT2D eigenvalue weighted by atomic mass is 32.2. The zero-order chi connectivity index (χ0) is 22.8. The van der Waals surface area contributed by atoms with E-state index in [1.807, 2.05) is 32.0 Å². The summed E-state index contributed by atoms with van der Waals surface area (Å²) in [4.78, 5) is 12.5. The van der Waals surface area contributed by atoms with Gasteiger partial charge in [0.1, 0.15) is 5.75 Å². The molecule has 1 heterocycles. The van der Waals surface area contributed by atoms with E-state index in [2.05, 4.69) is 15.2 Å². The van der Waals surface area contributed by atoms with Crippen molar-refractivity contribution >= 4 is 27.5 Å². The van der Waals surface area contributed by atoms with Crippen LogP contribution in [0.1, 0.15) is 29.3 Å². The maximum atomic E-state index is 12.6. The van der Waals surface area contributed by atoms with E-state index in [-0.39, 0.29) is 16.7 Å². The molecular formula is C22H25N3O5S. The second kappa shape index (κ2) is 8.81. The molecule has 0 bridgehead atoms. The van der Waals surface area contributed by atoms with Crippen LogP contribution < -0.4 is 14.8 Å². The van der Waals surface area contributed by atoms with Gasteiger partial charge in [-0.2, -0.15) is 0 Å². The zero-order valence-corrected chi connectivity index (χ0v) is 18.8. The first-order valence-corrected chi connectivity index (χ1v) is 11.1. The molecule has 1 amide bonds. The van der Waals surface area contributed by atoms with Crippen LogP contribution in [0.3, 0.4) is 0 Å². The predicted octanol–water partition coefficient (Wildman–Crippen LogP) is 4.12. The molecule has 0 fully saturated rings. The Morgan fingerprint density at radius 2 is 1.65 bits per heavy atom. The Hall–Kier alpha value is -3.33. The predicted molar refractivity (Wildman–Crippen MR) is 118 cm³/mol. The second-order valence-electron chi connectivity index (χ2n) is 7.42. The van der Waals surface area contributed by atoms with Crippen molar-refractivity contribution in [1.29, 1.82) is 0 Å². The summed E-state index contributed by atoms with van der Waals surface area (Å²) in [6, 6.07) is 11.6. The minimum absolute atomic E-state index is 0.0264. The molecule has 31 heavy (non-hydrogen) atoms. The lowest BCUT2D eigenvalue weighted by Crippen LogP contribution is -2.30. The van der Waals surface area contributed by atoms with E-state index >= 15 is 0 Å². The fourth-order valence-electron chi connectivity index (χ4n) is 2.91. The quantitative estimate of drug-likeness (QED) is 0.568. The van der Waals surface area contributed by atoms with Crippen molar-refractivity contribution in [3.63, 3.8) is 0 Å². The van der Waals surface area contributed by atoms with Crippen molar-refractivity contribution in [2.24, 2.45) is 0 Å². The van der Waals surface area contributed by atoms with E-state index in [0.29, 0.717) is 22.7 Å². The van der Waals surface area contributed by atoms with Crippen LogP contribution in [0.2, 0.25) is 0 Å². The standard InChI is InChI=1S/C22H25N3O5S/c1-13-10-14(2)12-19(11-13)29-17(5)21(26)23-18-6-8-20(9-7-18)31(27,28)25-22-15(3)16(4)24-30-22/h6-12,17,25H,1-5H3,(H,23,26). The van der Waals surface area contributed by atoms with Crippen LogP contribution in [-0.2, 0) is 14.8 Å². The Bertz CT molecular complexity index is 1180. The first-order chi connectivity index (χ1) is 14.5. The third-order valence-electron chi connectivity index (χ3n) is 4.69. The summed E-state index contributed by atoms with van der Waals surface area (Å²) in [5.41, 5.74) is 3.76. The largest absolute Gasteiger partial charge is 0.481 e. The van der Waals surface area contributed by atoms with Crippen molar-refractivity contribution in [2.45, 2.75) is 45.6 Å².